The highest BCUT2D eigenvalue weighted by Crippen LogP contribution is 2.43. The Morgan fingerprint density at radius 1 is 0.741 bits per heavy atom. The monoisotopic (exact) mass is 378 g/mol. The van der Waals surface area contributed by atoms with Crippen molar-refractivity contribution in [1.82, 2.24) is 0 Å². The highest BCUT2D eigenvalue weighted by atomic mass is 28.3. The molecule has 0 saturated heterocycles. The Kier molecular flexibility index (Phi) is 8.56. The second kappa shape index (κ2) is 10.7. The van der Waals surface area contributed by atoms with Crippen LogP contribution in [0.2, 0.25) is 24.2 Å². The number of rotatable bonds is 12. The lowest BCUT2D eigenvalue weighted by Gasteiger charge is -2.40. The van der Waals surface area contributed by atoms with Gasteiger partial charge in [0.25, 0.3) is 0 Å². The average molecular weight is 379 g/mol. The Balaban J connectivity index is 2.21. The third-order valence-corrected chi connectivity index (χ3v) is 12.9. The number of hydrogen-bond acceptors (Lipinski definition) is 0. The summed E-state index contributed by atoms with van der Waals surface area (Å²) >= 11 is 0. The second-order valence-corrected chi connectivity index (χ2v) is 13.8. The Bertz CT molecular complexity index is 603. The lowest BCUT2D eigenvalue weighted by atomic mass is 9.79. The van der Waals surface area contributed by atoms with E-state index in [9.17, 15) is 0 Å². The molecule has 0 bridgehead atoms. The van der Waals surface area contributed by atoms with Gasteiger partial charge in [-0.1, -0.05) is 106 Å². The molecule has 0 radical (unpaired) electrons. The van der Waals surface area contributed by atoms with E-state index in [1.54, 1.807) is 0 Å². The second-order valence-electron chi connectivity index (χ2n) is 8.28. The van der Waals surface area contributed by atoms with E-state index in [1.165, 1.54) is 48.1 Å². The topological polar surface area (TPSA) is 0 Å². The predicted molar refractivity (Wildman–Crippen MR) is 124 cm³/mol. The molecule has 0 aliphatic rings. The molecule has 0 heterocycles. The molecule has 0 N–H and O–H groups in total. The van der Waals surface area contributed by atoms with Crippen LogP contribution in [0.5, 0.6) is 0 Å². The van der Waals surface area contributed by atoms with Crippen molar-refractivity contribution >= 4 is 8.07 Å². The van der Waals surface area contributed by atoms with Gasteiger partial charge in [0.15, 0.2) is 0 Å². The van der Waals surface area contributed by atoms with Crippen LogP contribution in [0.25, 0.3) is 0 Å². The van der Waals surface area contributed by atoms with Gasteiger partial charge < -0.3 is 0 Å². The van der Waals surface area contributed by atoms with E-state index in [-0.39, 0.29) is 5.41 Å². The molecular weight excluding hydrogens is 340 g/mol. The summed E-state index contributed by atoms with van der Waals surface area (Å²) in [5.41, 5.74) is 3.18. The summed E-state index contributed by atoms with van der Waals surface area (Å²) in [6, 6.07) is 27.6. The zero-order valence-corrected chi connectivity index (χ0v) is 18.7. The molecule has 0 fully saturated rings. The molecule has 0 atom stereocenters. The lowest BCUT2D eigenvalue weighted by molar-refractivity contribution is 0.355. The predicted octanol–water partition coefficient (Wildman–Crippen LogP) is 7.93. The van der Waals surface area contributed by atoms with Crippen molar-refractivity contribution in [3.05, 3.63) is 84.4 Å². The normalized spacial score (nSPS) is 12.1. The van der Waals surface area contributed by atoms with E-state index in [2.05, 4.69) is 94.1 Å². The van der Waals surface area contributed by atoms with Crippen molar-refractivity contribution in [2.45, 2.75) is 70.6 Å². The van der Waals surface area contributed by atoms with Crippen molar-refractivity contribution in [3.63, 3.8) is 0 Å². The van der Waals surface area contributed by atoms with Gasteiger partial charge in [-0.3, -0.25) is 0 Å². The van der Waals surface area contributed by atoms with Crippen LogP contribution in [0, 0.1) is 5.41 Å². The third kappa shape index (κ3) is 6.21. The first-order valence-corrected chi connectivity index (χ1v) is 13.7. The molecule has 2 rings (SSSR count). The molecule has 0 amide bonds. The van der Waals surface area contributed by atoms with E-state index in [4.69, 9.17) is 0 Å². The standard InChI is InChI=1S/C26H38Si/c1-5-26(23-27(6-2,7-3)8-4,21-19-24-15-11-9-12-16-24)22-20-25-17-13-10-14-18-25/h5,9-18H,1,6-8,19-23H2,2-4H3. The Labute approximate surface area is 168 Å². The molecule has 0 aliphatic heterocycles. The zero-order valence-electron chi connectivity index (χ0n) is 17.7. The van der Waals surface area contributed by atoms with Crippen LogP contribution in [-0.4, -0.2) is 8.07 Å². The van der Waals surface area contributed by atoms with Crippen LogP contribution in [0.4, 0.5) is 0 Å². The van der Waals surface area contributed by atoms with Crippen molar-refractivity contribution in [2.75, 3.05) is 0 Å². The van der Waals surface area contributed by atoms with Crippen LogP contribution >= 0.6 is 0 Å². The van der Waals surface area contributed by atoms with Gasteiger partial charge in [-0.15, -0.1) is 6.58 Å². The minimum Gasteiger partial charge on any atom is -0.103 e. The number of allylic oxidation sites excluding steroid dienone is 1. The van der Waals surface area contributed by atoms with Crippen LogP contribution in [-0.2, 0) is 12.8 Å². The summed E-state index contributed by atoms with van der Waals surface area (Å²) in [5.74, 6) is 0. The molecule has 0 spiro atoms. The van der Waals surface area contributed by atoms with Crippen LogP contribution in [0.3, 0.4) is 0 Å². The summed E-state index contributed by atoms with van der Waals surface area (Å²) < 4.78 is 0. The molecular formula is C26H38Si. The molecule has 146 valence electrons. The van der Waals surface area contributed by atoms with Gasteiger partial charge >= 0.3 is 0 Å². The quantitative estimate of drug-likeness (QED) is 0.260. The van der Waals surface area contributed by atoms with E-state index in [0.717, 1.165) is 12.8 Å². The van der Waals surface area contributed by atoms with Crippen molar-refractivity contribution in [3.8, 4) is 0 Å². The van der Waals surface area contributed by atoms with Gasteiger partial charge in [0.1, 0.15) is 0 Å². The first-order chi connectivity index (χ1) is 13.1. The largest absolute Gasteiger partial charge is 0.103 e. The van der Waals surface area contributed by atoms with Crippen LogP contribution < -0.4 is 0 Å². The smallest absolute Gasteiger partial charge is 0.0536 e. The van der Waals surface area contributed by atoms with Gasteiger partial charge in [0.2, 0.25) is 0 Å². The molecule has 0 aliphatic carbocycles. The van der Waals surface area contributed by atoms with E-state index in [0.29, 0.717) is 0 Å². The first kappa shape index (κ1) is 21.7. The average Bonchev–Trinajstić information content (AvgIpc) is 2.75. The van der Waals surface area contributed by atoms with Gasteiger partial charge in [-0.25, -0.2) is 0 Å². The number of benzene rings is 2. The summed E-state index contributed by atoms with van der Waals surface area (Å²) in [6.07, 6.45) is 7.10. The van der Waals surface area contributed by atoms with Gasteiger partial charge in [-0.2, -0.15) is 0 Å². The van der Waals surface area contributed by atoms with Gasteiger partial charge in [-0.05, 0) is 48.3 Å². The maximum Gasteiger partial charge on any atom is 0.0536 e. The Hall–Kier alpha value is -1.60. The molecule has 1 heteroatoms. The first-order valence-electron chi connectivity index (χ1n) is 10.8. The fourth-order valence-corrected chi connectivity index (χ4v) is 8.77. The minimum absolute atomic E-state index is 0.264. The fourth-order valence-electron chi connectivity index (χ4n) is 4.53. The highest BCUT2D eigenvalue weighted by Gasteiger charge is 2.37. The molecule has 0 unspecified atom stereocenters. The maximum absolute atomic E-state index is 4.37. The lowest BCUT2D eigenvalue weighted by Crippen LogP contribution is -2.39. The van der Waals surface area contributed by atoms with E-state index in [1.807, 2.05) is 0 Å². The van der Waals surface area contributed by atoms with Crippen LogP contribution in [0.15, 0.2) is 73.3 Å². The Morgan fingerprint density at radius 2 is 1.15 bits per heavy atom. The molecule has 0 saturated carbocycles. The van der Waals surface area contributed by atoms with Crippen LogP contribution in [0.1, 0.15) is 44.7 Å². The summed E-state index contributed by atoms with van der Waals surface area (Å²) in [5, 5.41) is 0. The molecule has 2 aromatic carbocycles. The SMILES string of the molecule is C=CC(CCc1ccccc1)(CCc1ccccc1)C[Si](CC)(CC)CC. The van der Waals surface area contributed by atoms with E-state index >= 15 is 0 Å². The summed E-state index contributed by atoms with van der Waals surface area (Å²) in [7, 11) is -1.22. The molecule has 0 aromatic heterocycles. The van der Waals surface area contributed by atoms with Crippen molar-refractivity contribution in [1.29, 1.82) is 0 Å². The fraction of sp³-hybridized carbons (Fsp3) is 0.462. The number of aryl methyl sites for hydroxylation is 2. The molecule has 27 heavy (non-hydrogen) atoms. The highest BCUT2D eigenvalue weighted by molar-refractivity contribution is 6.79. The van der Waals surface area contributed by atoms with Gasteiger partial charge in [0, 0.05) is 0 Å². The third-order valence-electron chi connectivity index (χ3n) is 6.92. The number of hydrogen-bond donors (Lipinski definition) is 0. The molecule has 2 aromatic rings. The van der Waals surface area contributed by atoms with E-state index < -0.39 is 8.07 Å². The van der Waals surface area contributed by atoms with Crippen molar-refractivity contribution in [2.24, 2.45) is 5.41 Å². The maximum atomic E-state index is 4.37. The summed E-state index contributed by atoms with van der Waals surface area (Å²) in [4.78, 5) is 0. The summed E-state index contributed by atoms with van der Waals surface area (Å²) in [6.45, 7) is 11.7. The van der Waals surface area contributed by atoms with Gasteiger partial charge in [0.05, 0.1) is 8.07 Å². The van der Waals surface area contributed by atoms with Crippen molar-refractivity contribution < 1.29 is 0 Å². The molecule has 0 nitrogen and oxygen atoms in total. The Morgan fingerprint density at radius 3 is 1.48 bits per heavy atom. The zero-order chi connectivity index (χ0) is 19.6. The minimum atomic E-state index is -1.22.